The number of halogens is 4. The van der Waals surface area contributed by atoms with Crippen molar-refractivity contribution < 1.29 is 14.6 Å². The SMILES string of the molecule is CNC1CCN(c2ncc(Oc3cc(CN4CCC(CC(=O)O)CC4)cc(-c4cc(Cl)cc(Cl)c4)n3)cn2)CC1C.Cl.Cl. The van der Waals surface area contributed by atoms with Crippen molar-refractivity contribution in [1.82, 2.24) is 25.2 Å². The molecule has 2 aromatic heterocycles. The van der Waals surface area contributed by atoms with E-state index in [2.05, 4.69) is 32.0 Å². The first-order chi connectivity index (χ1) is 19.7. The zero-order chi connectivity index (χ0) is 28.9. The molecule has 0 saturated carbocycles. The molecule has 9 nitrogen and oxygen atoms in total. The van der Waals surface area contributed by atoms with Crippen LogP contribution in [0.4, 0.5) is 5.95 Å². The van der Waals surface area contributed by atoms with Gasteiger partial charge in [0.05, 0.1) is 18.1 Å². The van der Waals surface area contributed by atoms with E-state index in [-0.39, 0.29) is 37.2 Å². The fourth-order valence-corrected chi connectivity index (χ4v) is 6.33. The molecule has 2 atom stereocenters. The Balaban J connectivity index is 0.00000253. The van der Waals surface area contributed by atoms with Gasteiger partial charge in [0.15, 0.2) is 5.75 Å². The maximum absolute atomic E-state index is 11.1. The lowest BCUT2D eigenvalue weighted by Crippen LogP contribution is -2.47. The quantitative estimate of drug-likeness (QED) is 0.260. The third kappa shape index (κ3) is 9.54. The summed E-state index contributed by atoms with van der Waals surface area (Å²) < 4.78 is 6.18. The Morgan fingerprint density at radius 3 is 2.30 bits per heavy atom. The molecule has 2 saturated heterocycles. The number of ether oxygens (including phenoxy) is 1. The fourth-order valence-electron chi connectivity index (χ4n) is 5.81. The van der Waals surface area contributed by atoms with E-state index in [0.717, 1.165) is 56.6 Å². The first-order valence-corrected chi connectivity index (χ1v) is 14.8. The van der Waals surface area contributed by atoms with E-state index in [4.69, 9.17) is 38.0 Å². The third-order valence-electron chi connectivity index (χ3n) is 7.99. The highest BCUT2D eigenvalue weighted by molar-refractivity contribution is 6.35. The number of hydrogen-bond acceptors (Lipinski definition) is 8. The first-order valence-electron chi connectivity index (χ1n) is 14.1. The fraction of sp³-hybridized carbons (Fsp3) is 0.467. The van der Waals surface area contributed by atoms with Crippen LogP contribution in [0.3, 0.4) is 0 Å². The molecular formula is C30H38Cl4N6O3. The summed E-state index contributed by atoms with van der Waals surface area (Å²) in [6.07, 6.45) is 6.39. The highest BCUT2D eigenvalue weighted by Crippen LogP contribution is 2.31. The normalized spacial score (nSPS) is 19.3. The first kappa shape index (κ1) is 35.1. The Labute approximate surface area is 275 Å². The molecule has 5 rings (SSSR count). The van der Waals surface area contributed by atoms with Crippen molar-refractivity contribution in [2.75, 3.05) is 38.1 Å². The van der Waals surface area contributed by atoms with Gasteiger partial charge in [-0.15, -0.1) is 24.8 Å². The van der Waals surface area contributed by atoms with E-state index in [1.807, 2.05) is 31.3 Å². The predicted octanol–water partition coefficient (Wildman–Crippen LogP) is 6.60. The molecule has 0 radical (unpaired) electrons. The van der Waals surface area contributed by atoms with Crippen LogP contribution in [0.2, 0.25) is 10.0 Å². The number of nitrogens with one attached hydrogen (secondary N) is 1. The van der Waals surface area contributed by atoms with Crippen LogP contribution in [0.25, 0.3) is 11.3 Å². The lowest BCUT2D eigenvalue weighted by Gasteiger charge is -2.36. The van der Waals surface area contributed by atoms with Crippen molar-refractivity contribution in [3.05, 3.63) is 58.3 Å². The number of hydrogen-bond donors (Lipinski definition) is 2. The van der Waals surface area contributed by atoms with Gasteiger partial charge in [0.1, 0.15) is 0 Å². The maximum Gasteiger partial charge on any atom is 0.303 e. The number of likely N-dealkylation sites (tertiary alicyclic amines) is 1. The van der Waals surface area contributed by atoms with E-state index < -0.39 is 5.97 Å². The molecule has 234 valence electrons. The molecule has 1 aromatic carbocycles. The van der Waals surface area contributed by atoms with Crippen LogP contribution < -0.4 is 15.0 Å². The summed E-state index contributed by atoms with van der Waals surface area (Å²) in [6, 6.07) is 9.81. The second-order valence-corrected chi connectivity index (χ2v) is 12.0. The van der Waals surface area contributed by atoms with E-state index in [0.29, 0.717) is 51.8 Å². The number of anilines is 1. The van der Waals surface area contributed by atoms with Gasteiger partial charge in [-0.3, -0.25) is 9.69 Å². The monoisotopic (exact) mass is 670 g/mol. The highest BCUT2D eigenvalue weighted by Gasteiger charge is 2.26. The number of aliphatic carboxylic acids is 1. The number of pyridine rings is 1. The van der Waals surface area contributed by atoms with Gasteiger partial charge in [-0.25, -0.2) is 15.0 Å². The smallest absolute Gasteiger partial charge is 0.303 e. The number of aromatic nitrogens is 3. The minimum atomic E-state index is -0.728. The third-order valence-corrected chi connectivity index (χ3v) is 8.43. The summed E-state index contributed by atoms with van der Waals surface area (Å²) >= 11 is 12.6. The number of benzene rings is 1. The van der Waals surface area contributed by atoms with Crippen LogP contribution in [0.5, 0.6) is 11.6 Å². The predicted molar refractivity (Wildman–Crippen MR) is 175 cm³/mol. The van der Waals surface area contributed by atoms with E-state index in [9.17, 15) is 4.79 Å². The van der Waals surface area contributed by atoms with Crippen molar-refractivity contribution in [3.63, 3.8) is 0 Å². The number of carboxylic acid groups (broad SMARTS) is 1. The van der Waals surface area contributed by atoms with Crippen molar-refractivity contribution in [3.8, 4) is 22.9 Å². The topological polar surface area (TPSA) is 104 Å². The van der Waals surface area contributed by atoms with Gasteiger partial charge in [-0.2, -0.15) is 0 Å². The Morgan fingerprint density at radius 1 is 1.02 bits per heavy atom. The molecule has 0 aliphatic carbocycles. The zero-order valence-electron chi connectivity index (χ0n) is 24.2. The summed E-state index contributed by atoms with van der Waals surface area (Å²) in [5.74, 6) is 1.62. The Bertz CT molecular complexity index is 1340. The van der Waals surface area contributed by atoms with Crippen molar-refractivity contribution in [1.29, 1.82) is 0 Å². The largest absolute Gasteiger partial charge is 0.481 e. The van der Waals surface area contributed by atoms with Crippen LogP contribution in [0.1, 0.15) is 38.2 Å². The molecule has 2 fully saturated rings. The van der Waals surface area contributed by atoms with Crippen molar-refractivity contribution >= 4 is 59.9 Å². The molecule has 0 spiro atoms. The molecule has 2 unspecified atom stereocenters. The summed E-state index contributed by atoms with van der Waals surface area (Å²) in [7, 11) is 2.01. The molecular weight excluding hydrogens is 634 g/mol. The van der Waals surface area contributed by atoms with Gasteiger partial charge in [0.25, 0.3) is 0 Å². The molecule has 43 heavy (non-hydrogen) atoms. The molecule has 4 heterocycles. The van der Waals surface area contributed by atoms with Crippen LogP contribution in [0.15, 0.2) is 42.7 Å². The van der Waals surface area contributed by atoms with Crippen molar-refractivity contribution in [2.45, 2.75) is 45.2 Å². The van der Waals surface area contributed by atoms with Crippen LogP contribution in [0, 0.1) is 11.8 Å². The Morgan fingerprint density at radius 2 is 1.70 bits per heavy atom. The Hall–Kier alpha value is -2.40. The molecule has 2 N–H and O–H groups in total. The lowest BCUT2D eigenvalue weighted by atomic mass is 9.93. The van der Waals surface area contributed by atoms with Gasteiger partial charge < -0.3 is 20.1 Å². The summed E-state index contributed by atoms with van der Waals surface area (Å²) in [4.78, 5) is 29.6. The second-order valence-electron chi connectivity index (χ2n) is 11.1. The van der Waals surface area contributed by atoms with Gasteiger partial charge in [-0.05, 0) is 81.1 Å². The van der Waals surface area contributed by atoms with Crippen LogP contribution in [-0.4, -0.2) is 70.2 Å². The molecule has 2 aliphatic heterocycles. The van der Waals surface area contributed by atoms with Gasteiger partial charge in [0, 0.05) is 53.8 Å². The minimum absolute atomic E-state index is 0. The molecule has 0 bridgehead atoms. The summed E-state index contributed by atoms with van der Waals surface area (Å²) in [6.45, 7) is 6.41. The minimum Gasteiger partial charge on any atom is -0.481 e. The Kier molecular flexibility index (Phi) is 13.1. The van der Waals surface area contributed by atoms with Gasteiger partial charge >= 0.3 is 5.97 Å². The number of carboxylic acids is 1. The molecule has 2 aliphatic rings. The zero-order valence-corrected chi connectivity index (χ0v) is 27.4. The average molecular weight is 672 g/mol. The van der Waals surface area contributed by atoms with Gasteiger partial charge in [-0.1, -0.05) is 30.1 Å². The van der Waals surface area contributed by atoms with Crippen LogP contribution in [-0.2, 0) is 11.3 Å². The second kappa shape index (κ2) is 16.1. The molecule has 13 heteroatoms. The summed E-state index contributed by atoms with van der Waals surface area (Å²) in [5.41, 5.74) is 2.51. The summed E-state index contributed by atoms with van der Waals surface area (Å²) in [5, 5.41) is 13.6. The van der Waals surface area contributed by atoms with E-state index in [1.54, 1.807) is 18.5 Å². The van der Waals surface area contributed by atoms with Crippen LogP contribution >= 0.6 is 48.0 Å². The van der Waals surface area contributed by atoms with Gasteiger partial charge in [0.2, 0.25) is 11.8 Å². The average Bonchev–Trinajstić information content (AvgIpc) is 2.93. The van der Waals surface area contributed by atoms with Crippen molar-refractivity contribution in [2.24, 2.45) is 11.8 Å². The molecule has 0 amide bonds. The van der Waals surface area contributed by atoms with E-state index in [1.165, 1.54) is 0 Å². The lowest BCUT2D eigenvalue weighted by molar-refractivity contribution is -0.138. The number of rotatable bonds is 9. The number of carbonyl (C=O) groups is 1. The number of piperidine rings is 2. The standard InChI is InChI=1S/C30H36Cl2N6O3.2ClH/c1-19-17-38(8-5-26(19)33-2)30-34-15-25(16-35-30)41-28-10-21(18-37-6-3-20(4-7-37)11-29(39)40)9-27(36-28)22-12-23(31)14-24(32)13-22;;/h9-10,12-16,19-20,26,33H,3-8,11,17-18H2,1-2H3,(H,39,40);2*1H. The molecule has 3 aromatic rings. The maximum atomic E-state index is 11.1. The van der Waals surface area contributed by atoms with E-state index >= 15 is 0 Å². The highest BCUT2D eigenvalue weighted by atomic mass is 35.5. The number of nitrogens with zero attached hydrogens (tertiary/aromatic N) is 5.